The van der Waals surface area contributed by atoms with E-state index in [1.807, 2.05) is 41.3 Å². The molecule has 0 aromatic heterocycles. The van der Waals surface area contributed by atoms with Crippen LogP contribution >= 0.6 is 0 Å². The lowest BCUT2D eigenvalue weighted by Gasteiger charge is -2.37. The lowest BCUT2D eigenvalue weighted by molar-refractivity contribution is -0.192. The molecule has 2 atom stereocenters. The van der Waals surface area contributed by atoms with E-state index in [4.69, 9.17) is 9.90 Å². The van der Waals surface area contributed by atoms with Gasteiger partial charge in [0.15, 0.2) is 0 Å². The van der Waals surface area contributed by atoms with Gasteiger partial charge in [-0.25, -0.2) is 13.2 Å². The normalized spacial score (nSPS) is 21.0. The van der Waals surface area contributed by atoms with Gasteiger partial charge in [-0.15, -0.1) is 0 Å². The maximum Gasteiger partial charge on any atom is 0.490 e. The fraction of sp³-hybridized carbons (Fsp3) is 0.364. The zero-order valence-corrected chi connectivity index (χ0v) is 18.3. The van der Waals surface area contributed by atoms with E-state index in [0.717, 1.165) is 12.8 Å². The molecule has 0 aliphatic carbocycles. The third kappa shape index (κ3) is 5.72. The molecule has 2 aromatic carbocycles. The molecule has 2 saturated heterocycles. The SMILES string of the molecule is O=C(O)C(F)(F)F.O=C(c1ccccc1)N1CCC2CCN(S(=O)(=O)c3ccccc3)CC21. The minimum Gasteiger partial charge on any atom is -0.475 e. The number of benzene rings is 2. The van der Waals surface area contributed by atoms with Crippen LogP contribution in [0, 0.1) is 5.92 Å². The molecule has 0 bridgehead atoms. The van der Waals surface area contributed by atoms with Crippen molar-refractivity contribution in [3.05, 3.63) is 66.2 Å². The Balaban J connectivity index is 0.000000383. The van der Waals surface area contributed by atoms with Crippen LogP contribution in [-0.4, -0.2) is 66.5 Å². The Bertz CT molecular complexity index is 1080. The van der Waals surface area contributed by atoms with Gasteiger partial charge in [-0.1, -0.05) is 36.4 Å². The van der Waals surface area contributed by atoms with Gasteiger partial charge in [0, 0.05) is 31.2 Å². The molecule has 2 aliphatic rings. The van der Waals surface area contributed by atoms with Gasteiger partial charge in [0.05, 0.1) is 4.90 Å². The number of carboxylic acids is 1. The van der Waals surface area contributed by atoms with Crippen molar-refractivity contribution in [2.24, 2.45) is 5.92 Å². The predicted molar refractivity (Wildman–Crippen MR) is 113 cm³/mol. The van der Waals surface area contributed by atoms with Crippen LogP contribution in [-0.2, 0) is 14.8 Å². The summed E-state index contributed by atoms with van der Waals surface area (Å²) in [6.07, 6.45) is -3.34. The highest BCUT2D eigenvalue weighted by atomic mass is 32.2. The number of likely N-dealkylation sites (tertiary alicyclic amines) is 1. The largest absolute Gasteiger partial charge is 0.490 e. The van der Waals surface area contributed by atoms with E-state index in [1.54, 1.807) is 28.6 Å². The molecule has 2 aromatic rings. The number of fused-ring (bicyclic) bond motifs is 1. The number of amides is 1. The molecule has 4 rings (SSSR count). The van der Waals surface area contributed by atoms with Gasteiger partial charge in [-0.3, -0.25) is 4.79 Å². The maximum atomic E-state index is 12.9. The number of piperidine rings is 1. The van der Waals surface area contributed by atoms with Crippen molar-refractivity contribution in [1.82, 2.24) is 9.21 Å². The third-order valence-electron chi connectivity index (χ3n) is 5.73. The monoisotopic (exact) mass is 484 g/mol. The molecule has 11 heteroatoms. The standard InChI is InChI=1S/C20H22N2O3S.C2HF3O2/c23-20(17-7-3-1-4-8-17)22-14-12-16-11-13-21(15-19(16)22)26(24,25)18-9-5-2-6-10-18;3-2(4,5)1(6)7/h1-10,16,19H,11-15H2;(H,6,7). The zero-order chi connectivity index (χ0) is 24.2. The number of carboxylic acid groups (broad SMARTS) is 1. The molecule has 1 amide bonds. The first-order valence-corrected chi connectivity index (χ1v) is 11.7. The van der Waals surface area contributed by atoms with Crippen molar-refractivity contribution in [3.8, 4) is 0 Å². The van der Waals surface area contributed by atoms with Crippen molar-refractivity contribution in [2.75, 3.05) is 19.6 Å². The number of hydrogen-bond acceptors (Lipinski definition) is 4. The minimum absolute atomic E-state index is 0.00272. The molecule has 2 fully saturated rings. The van der Waals surface area contributed by atoms with Gasteiger partial charge < -0.3 is 10.0 Å². The lowest BCUT2D eigenvalue weighted by Crippen LogP contribution is -2.51. The highest BCUT2D eigenvalue weighted by Gasteiger charge is 2.43. The lowest BCUT2D eigenvalue weighted by atomic mass is 9.93. The summed E-state index contributed by atoms with van der Waals surface area (Å²) in [5, 5.41) is 7.12. The highest BCUT2D eigenvalue weighted by molar-refractivity contribution is 7.89. The van der Waals surface area contributed by atoms with Crippen molar-refractivity contribution in [2.45, 2.75) is 30.0 Å². The van der Waals surface area contributed by atoms with Crippen LogP contribution in [0.4, 0.5) is 13.2 Å². The number of nitrogens with zero attached hydrogens (tertiary/aromatic N) is 2. The van der Waals surface area contributed by atoms with Crippen LogP contribution in [0.25, 0.3) is 0 Å². The smallest absolute Gasteiger partial charge is 0.475 e. The summed E-state index contributed by atoms with van der Waals surface area (Å²) in [6.45, 7) is 1.59. The van der Waals surface area contributed by atoms with E-state index < -0.39 is 22.2 Å². The average Bonchev–Trinajstić information content (AvgIpc) is 3.23. The van der Waals surface area contributed by atoms with Gasteiger partial charge in [0.1, 0.15) is 0 Å². The Morgan fingerprint density at radius 3 is 1.97 bits per heavy atom. The van der Waals surface area contributed by atoms with Crippen molar-refractivity contribution < 1.29 is 36.3 Å². The summed E-state index contributed by atoms with van der Waals surface area (Å²) < 4.78 is 59.2. The van der Waals surface area contributed by atoms with Crippen LogP contribution < -0.4 is 0 Å². The number of aliphatic carboxylic acids is 1. The van der Waals surface area contributed by atoms with Crippen LogP contribution in [0.3, 0.4) is 0 Å². The molecular weight excluding hydrogens is 461 g/mol. The van der Waals surface area contributed by atoms with E-state index in [1.165, 1.54) is 0 Å². The van der Waals surface area contributed by atoms with Crippen molar-refractivity contribution >= 4 is 21.9 Å². The Morgan fingerprint density at radius 2 is 1.42 bits per heavy atom. The van der Waals surface area contributed by atoms with Gasteiger partial charge in [0.25, 0.3) is 5.91 Å². The number of alkyl halides is 3. The second-order valence-electron chi connectivity index (χ2n) is 7.75. The molecule has 33 heavy (non-hydrogen) atoms. The molecule has 2 heterocycles. The summed E-state index contributed by atoms with van der Waals surface area (Å²) in [6, 6.07) is 17.7. The van der Waals surface area contributed by atoms with Gasteiger partial charge >= 0.3 is 12.1 Å². The van der Waals surface area contributed by atoms with Gasteiger partial charge in [-0.2, -0.15) is 17.5 Å². The first-order chi connectivity index (χ1) is 15.5. The predicted octanol–water partition coefficient (Wildman–Crippen LogP) is 3.25. The molecule has 2 aliphatic heterocycles. The molecule has 0 spiro atoms. The molecule has 7 nitrogen and oxygen atoms in total. The Labute approximate surface area is 189 Å². The average molecular weight is 484 g/mol. The van der Waals surface area contributed by atoms with E-state index in [2.05, 4.69) is 0 Å². The van der Waals surface area contributed by atoms with Crippen LogP contribution in [0.1, 0.15) is 23.2 Å². The van der Waals surface area contributed by atoms with E-state index in [9.17, 15) is 26.4 Å². The van der Waals surface area contributed by atoms with E-state index in [-0.39, 0.29) is 11.9 Å². The summed E-state index contributed by atoms with van der Waals surface area (Å²) in [4.78, 5) is 24.0. The Morgan fingerprint density at radius 1 is 0.909 bits per heavy atom. The zero-order valence-electron chi connectivity index (χ0n) is 17.5. The molecule has 2 unspecified atom stereocenters. The first kappa shape index (κ1) is 24.7. The summed E-state index contributed by atoms with van der Waals surface area (Å²) >= 11 is 0. The first-order valence-electron chi connectivity index (χ1n) is 10.2. The number of rotatable bonds is 3. The second-order valence-corrected chi connectivity index (χ2v) is 9.69. The number of sulfonamides is 1. The number of hydrogen-bond donors (Lipinski definition) is 1. The van der Waals surface area contributed by atoms with Crippen LogP contribution in [0.5, 0.6) is 0 Å². The molecular formula is C22H23F3N2O5S. The van der Waals surface area contributed by atoms with Crippen LogP contribution in [0.15, 0.2) is 65.6 Å². The maximum absolute atomic E-state index is 12.9. The number of halogens is 3. The molecule has 1 N–H and O–H groups in total. The van der Waals surface area contributed by atoms with Crippen LogP contribution in [0.2, 0.25) is 0 Å². The minimum atomic E-state index is -5.08. The summed E-state index contributed by atoms with van der Waals surface area (Å²) in [5.41, 5.74) is 0.663. The molecule has 178 valence electrons. The topological polar surface area (TPSA) is 95.0 Å². The molecule has 0 saturated carbocycles. The highest BCUT2D eigenvalue weighted by Crippen LogP contribution is 2.34. The number of carbonyl (C=O) groups excluding carboxylic acids is 1. The molecule has 0 radical (unpaired) electrons. The fourth-order valence-corrected chi connectivity index (χ4v) is 5.56. The summed E-state index contributed by atoms with van der Waals surface area (Å²) in [5.74, 6) is -2.38. The van der Waals surface area contributed by atoms with E-state index >= 15 is 0 Å². The quantitative estimate of drug-likeness (QED) is 0.722. The van der Waals surface area contributed by atoms with Crippen molar-refractivity contribution in [3.63, 3.8) is 0 Å². The Kier molecular flexibility index (Phi) is 7.43. The fourth-order valence-electron chi connectivity index (χ4n) is 4.07. The third-order valence-corrected chi connectivity index (χ3v) is 7.61. The van der Waals surface area contributed by atoms with Crippen molar-refractivity contribution in [1.29, 1.82) is 0 Å². The van der Waals surface area contributed by atoms with E-state index in [0.29, 0.717) is 36.0 Å². The Hall–Kier alpha value is -2.92. The van der Waals surface area contributed by atoms with Gasteiger partial charge in [0.2, 0.25) is 10.0 Å². The second kappa shape index (κ2) is 9.92. The summed E-state index contributed by atoms with van der Waals surface area (Å²) in [7, 11) is -3.52. The van der Waals surface area contributed by atoms with Gasteiger partial charge in [-0.05, 0) is 43.0 Å². The number of carbonyl (C=O) groups is 2.